The van der Waals surface area contributed by atoms with Gasteiger partial charge in [0.2, 0.25) is 5.91 Å². The van der Waals surface area contributed by atoms with Crippen LogP contribution in [-0.4, -0.2) is 59.8 Å². The SMILES string of the molecule is CN1CCN(C(C(=O)Nc2ccc3ccccc3c2)c2ccc(C(=O)Nc3cc(-c4ccccc4)ccc3N)cn2)CC1. The highest BCUT2D eigenvalue weighted by Gasteiger charge is 2.31. The van der Waals surface area contributed by atoms with Gasteiger partial charge in [0.25, 0.3) is 5.91 Å². The van der Waals surface area contributed by atoms with E-state index in [4.69, 9.17) is 5.73 Å². The van der Waals surface area contributed by atoms with Crippen LogP contribution in [0.4, 0.5) is 17.1 Å². The quantitative estimate of drug-likeness (QED) is 0.218. The van der Waals surface area contributed by atoms with Crippen LogP contribution in [0, 0.1) is 0 Å². The second-order valence-corrected chi connectivity index (χ2v) is 10.9. The largest absolute Gasteiger partial charge is 0.397 e. The highest BCUT2D eigenvalue weighted by Crippen LogP contribution is 2.28. The Balaban J connectivity index is 1.22. The van der Waals surface area contributed by atoms with Crippen LogP contribution in [-0.2, 0) is 4.79 Å². The number of aromatic nitrogens is 1. The Morgan fingerprint density at radius 2 is 1.51 bits per heavy atom. The van der Waals surface area contributed by atoms with Gasteiger partial charge >= 0.3 is 0 Å². The minimum Gasteiger partial charge on any atom is -0.397 e. The fourth-order valence-corrected chi connectivity index (χ4v) is 5.42. The number of hydrogen-bond donors (Lipinski definition) is 3. The Hall–Kier alpha value is -5.05. The van der Waals surface area contributed by atoms with Crippen molar-refractivity contribution in [2.45, 2.75) is 6.04 Å². The van der Waals surface area contributed by atoms with Crippen molar-refractivity contribution in [2.24, 2.45) is 0 Å². The Morgan fingerprint density at radius 1 is 0.767 bits per heavy atom. The molecule has 0 radical (unpaired) electrons. The van der Waals surface area contributed by atoms with E-state index in [1.807, 2.05) is 84.9 Å². The van der Waals surface area contributed by atoms with Gasteiger partial charge in [-0.2, -0.15) is 0 Å². The molecular formula is C35H34N6O2. The van der Waals surface area contributed by atoms with Crippen LogP contribution in [0.3, 0.4) is 0 Å². The summed E-state index contributed by atoms with van der Waals surface area (Å²) in [6, 6.07) is 32.3. The maximum Gasteiger partial charge on any atom is 0.257 e. The number of carbonyl (C=O) groups is 2. The molecule has 0 bridgehead atoms. The van der Waals surface area contributed by atoms with Crippen molar-refractivity contribution in [1.29, 1.82) is 0 Å². The van der Waals surface area contributed by atoms with Gasteiger partial charge < -0.3 is 21.3 Å². The smallest absolute Gasteiger partial charge is 0.257 e. The van der Waals surface area contributed by atoms with E-state index in [-0.39, 0.29) is 11.8 Å². The van der Waals surface area contributed by atoms with E-state index in [2.05, 4.69) is 32.5 Å². The highest BCUT2D eigenvalue weighted by molar-refractivity contribution is 6.06. The van der Waals surface area contributed by atoms with E-state index in [1.165, 1.54) is 6.20 Å². The number of nitrogens with zero attached hydrogens (tertiary/aromatic N) is 3. The number of nitrogens with one attached hydrogen (secondary N) is 2. The molecule has 8 heteroatoms. The van der Waals surface area contributed by atoms with Crippen LogP contribution in [0.15, 0.2) is 109 Å². The number of rotatable bonds is 7. The van der Waals surface area contributed by atoms with Crippen LogP contribution in [0.2, 0.25) is 0 Å². The Morgan fingerprint density at radius 3 is 2.26 bits per heavy atom. The van der Waals surface area contributed by atoms with Crippen LogP contribution >= 0.6 is 0 Å². The molecule has 4 aromatic carbocycles. The second-order valence-electron chi connectivity index (χ2n) is 10.9. The number of likely N-dealkylation sites (N-methyl/N-ethyl adjacent to an activating group) is 1. The normalized spacial score (nSPS) is 14.7. The summed E-state index contributed by atoms with van der Waals surface area (Å²) < 4.78 is 0. The monoisotopic (exact) mass is 570 g/mol. The van der Waals surface area contributed by atoms with Crippen molar-refractivity contribution in [3.8, 4) is 11.1 Å². The minimum absolute atomic E-state index is 0.157. The molecule has 0 aliphatic carbocycles. The van der Waals surface area contributed by atoms with Crippen molar-refractivity contribution in [1.82, 2.24) is 14.8 Å². The summed E-state index contributed by atoms with van der Waals surface area (Å²) in [5.41, 5.74) is 10.9. The number of anilines is 3. The van der Waals surface area contributed by atoms with Gasteiger partial charge in [0.05, 0.1) is 22.6 Å². The van der Waals surface area contributed by atoms with Crippen molar-refractivity contribution in [3.05, 3.63) is 121 Å². The molecule has 216 valence electrons. The Bertz CT molecular complexity index is 1750. The molecule has 1 atom stereocenters. The molecule has 1 unspecified atom stereocenters. The number of fused-ring (bicyclic) bond motifs is 1. The van der Waals surface area contributed by atoms with Gasteiger partial charge in [0.15, 0.2) is 0 Å². The van der Waals surface area contributed by atoms with E-state index in [1.54, 1.807) is 18.2 Å². The predicted octanol–water partition coefficient (Wildman–Crippen LogP) is 5.66. The summed E-state index contributed by atoms with van der Waals surface area (Å²) in [6.45, 7) is 3.16. The number of benzene rings is 4. The Labute approximate surface area is 251 Å². The molecule has 2 heterocycles. The summed E-state index contributed by atoms with van der Waals surface area (Å²) in [5, 5.41) is 8.20. The standard InChI is InChI=1S/C35H34N6O2/c1-40-17-19-41(20-18-40)33(35(43)38-29-14-11-25-9-5-6-10-26(25)21-29)31-16-13-28(23-37-31)34(42)39-32-22-27(12-15-30(32)36)24-7-3-2-4-8-24/h2-16,21-23,33H,17-20,36H2,1H3,(H,38,43)(H,39,42). The Kier molecular flexibility index (Phi) is 8.13. The topological polar surface area (TPSA) is 104 Å². The third-order valence-corrected chi connectivity index (χ3v) is 7.91. The minimum atomic E-state index is -0.601. The van der Waals surface area contributed by atoms with Crippen molar-refractivity contribution < 1.29 is 9.59 Å². The summed E-state index contributed by atoms with van der Waals surface area (Å²) in [7, 11) is 2.08. The van der Waals surface area contributed by atoms with E-state index >= 15 is 0 Å². The molecule has 4 N–H and O–H groups in total. The van der Waals surface area contributed by atoms with Crippen molar-refractivity contribution >= 4 is 39.6 Å². The summed E-state index contributed by atoms with van der Waals surface area (Å²) in [6.07, 6.45) is 1.52. The van der Waals surface area contributed by atoms with E-state index in [0.29, 0.717) is 22.6 Å². The zero-order valence-electron chi connectivity index (χ0n) is 24.0. The number of carbonyl (C=O) groups excluding carboxylic acids is 2. The number of hydrogen-bond acceptors (Lipinski definition) is 6. The molecule has 43 heavy (non-hydrogen) atoms. The fourth-order valence-electron chi connectivity index (χ4n) is 5.42. The molecule has 0 spiro atoms. The average molecular weight is 571 g/mol. The molecular weight excluding hydrogens is 536 g/mol. The average Bonchev–Trinajstić information content (AvgIpc) is 3.04. The molecule has 1 aliphatic rings. The van der Waals surface area contributed by atoms with E-state index in [9.17, 15) is 9.59 Å². The first kappa shape index (κ1) is 28.1. The molecule has 1 fully saturated rings. The molecule has 6 rings (SSSR count). The lowest BCUT2D eigenvalue weighted by Gasteiger charge is -2.36. The lowest BCUT2D eigenvalue weighted by atomic mass is 10.0. The first-order chi connectivity index (χ1) is 20.9. The molecule has 2 amide bonds. The zero-order chi connectivity index (χ0) is 29.8. The number of pyridine rings is 1. The first-order valence-electron chi connectivity index (χ1n) is 14.4. The van der Waals surface area contributed by atoms with Crippen molar-refractivity contribution in [3.63, 3.8) is 0 Å². The van der Waals surface area contributed by atoms with Crippen LogP contribution < -0.4 is 16.4 Å². The maximum atomic E-state index is 13.8. The van der Waals surface area contributed by atoms with Crippen LogP contribution in [0.5, 0.6) is 0 Å². The lowest BCUT2D eigenvalue weighted by molar-refractivity contribution is -0.122. The van der Waals surface area contributed by atoms with Gasteiger partial charge in [-0.05, 0) is 65.3 Å². The summed E-state index contributed by atoms with van der Waals surface area (Å²) >= 11 is 0. The molecule has 5 aromatic rings. The van der Waals surface area contributed by atoms with Gasteiger partial charge in [-0.15, -0.1) is 0 Å². The number of amides is 2. The summed E-state index contributed by atoms with van der Waals surface area (Å²) in [4.78, 5) is 36.0. The highest BCUT2D eigenvalue weighted by atomic mass is 16.2. The molecule has 1 saturated heterocycles. The third kappa shape index (κ3) is 6.40. The number of nitrogens with two attached hydrogens (primary N) is 1. The van der Waals surface area contributed by atoms with E-state index < -0.39 is 6.04 Å². The van der Waals surface area contributed by atoms with Gasteiger partial charge in [-0.1, -0.05) is 66.7 Å². The number of nitrogen functional groups attached to an aromatic ring is 1. The van der Waals surface area contributed by atoms with Gasteiger partial charge in [-0.3, -0.25) is 19.5 Å². The third-order valence-electron chi connectivity index (χ3n) is 7.91. The summed E-state index contributed by atoms with van der Waals surface area (Å²) in [5.74, 6) is -0.484. The number of piperazine rings is 1. The van der Waals surface area contributed by atoms with Crippen LogP contribution in [0.25, 0.3) is 21.9 Å². The van der Waals surface area contributed by atoms with Gasteiger partial charge in [0.1, 0.15) is 6.04 Å². The van der Waals surface area contributed by atoms with Crippen molar-refractivity contribution in [2.75, 3.05) is 49.6 Å². The zero-order valence-corrected chi connectivity index (χ0v) is 24.0. The maximum absolute atomic E-state index is 13.8. The van der Waals surface area contributed by atoms with Gasteiger partial charge in [-0.25, -0.2) is 0 Å². The fraction of sp³-hybridized carbons (Fsp3) is 0.171. The molecule has 1 aliphatic heterocycles. The molecule has 0 saturated carbocycles. The van der Waals surface area contributed by atoms with E-state index in [0.717, 1.165) is 53.8 Å². The first-order valence-corrected chi connectivity index (χ1v) is 14.4. The lowest BCUT2D eigenvalue weighted by Crippen LogP contribution is -2.49. The molecule has 1 aromatic heterocycles. The van der Waals surface area contributed by atoms with Gasteiger partial charge in [0, 0.05) is 38.1 Å². The molecule has 8 nitrogen and oxygen atoms in total. The predicted molar refractivity (Wildman–Crippen MR) is 173 cm³/mol. The van der Waals surface area contributed by atoms with Crippen LogP contribution in [0.1, 0.15) is 22.1 Å². The second kappa shape index (κ2) is 12.4.